The topological polar surface area (TPSA) is 22.1 Å². The first kappa shape index (κ1) is 12.4. The summed E-state index contributed by atoms with van der Waals surface area (Å²) >= 11 is 0. The van der Waals surface area contributed by atoms with Crippen molar-refractivity contribution in [1.82, 2.24) is 4.98 Å². The van der Waals surface area contributed by atoms with Crippen molar-refractivity contribution in [1.29, 1.82) is 0 Å². The van der Waals surface area contributed by atoms with Crippen LogP contribution in [0.3, 0.4) is 0 Å². The highest BCUT2D eigenvalue weighted by Crippen LogP contribution is 2.27. The van der Waals surface area contributed by atoms with E-state index in [0.29, 0.717) is 11.8 Å². The molecule has 1 heterocycles. The smallest absolute Gasteiger partial charge is 0.258 e. The Morgan fingerprint density at radius 2 is 1.72 bits per heavy atom. The molecule has 94 valence electrons. The first-order chi connectivity index (χ1) is 8.47. The van der Waals surface area contributed by atoms with Gasteiger partial charge in [-0.25, -0.2) is 8.78 Å². The number of benzene rings is 1. The lowest BCUT2D eigenvalue weighted by Gasteiger charge is -2.09. The lowest BCUT2D eigenvalue weighted by molar-refractivity contribution is 0.385. The zero-order valence-corrected chi connectivity index (χ0v) is 9.80. The maximum atomic E-state index is 13.4. The summed E-state index contributed by atoms with van der Waals surface area (Å²) in [4.78, 5) is 3.10. The van der Waals surface area contributed by atoms with E-state index in [-0.39, 0.29) is 0 Å². The SMILES string of the molecule is Cc1ccc(C)c(Oc2nc(F)c(F)cc2F)c1. The van der Waals surface area contributed by atoms with Crippen LogP contribution in [-0.2, 0) is 0 Å². The van der Waals surface area contributed by atoms with Gasteiger partial charge in [0.2, 0.25) is 0 Å². The van der Waals surface area contributed by atoms with Crippen LogP contribution in [0, 0.1) is 31.4 Å². The molecule has 2 nitrogen and oxygen atoms in total. The number of rotatable bonds is 2. The molecule has 0 aliphatic heterocycles. The average molecular weight is 253 g/mol. The van der Waals surface area contributed by atoms with Gasteiger partial charge in [-0.15, -0.1) is 0 Å². The van der Waals surface area contributed by atoms with Gasteiger partial charge < -0.3 is 4.74 Å². The van der Waals surface area contributed by atoms with Crippen molar-refractivity contribution in [3.8, 4) is 11.6 Å². The molecule has 0 spiro atoms. The second kappa shape index (κ2) is 4.68. The molecule has 2 rings (SSSR count). The second-order valence-electron chi connectivity index (χ2n) is 3.92. The summed E-state index contributed by atoms with van der Waals surface area (Å²) in [6, 6.07) is 5.71. The van der Waals surface area contributed by atoms with E-state index in [9.17, 15) is 13.2 Å². The molecular weight excluding hydrogens is 243 g/mol. The molecule has 5 heteroatoms. The van der Waals surface area contributed by atoms with Crippen LogP contribution in [0.4, 0.5) is 13.2 Å². The van der Waals surface area contributed by atoms with Crippen molar-refractivity contribution in [2.75, 3.05) is 0 Å². The molecule has 1 aromatic carbocycles. The second-order valence-corrected chi connectivity index (χ2v) is 3.92. The van der Waals surface area contributed by atoms with Crippen LogP contribution in [0.15, 0.2) is 24.3 Å². The van der Waals surface area contributed by atoms with E-state index in [0.717, 1.165) is 11.1 Å². The molecular formula is C13H10F3NO. The highest BCUT2D eigenvalue weighted by Gasteiger charge is 2.14. The highest BCUT2D eigenvalue weighted by atomic mass is 19.2. The molecule has 0 unspecified atom stereocenters. The third-order valence-electron chi connectivity index (χ3n) is 2.40. The van der Waals surface area contributed by atoms with E-state index < -0.39 is 23.5 Å². The van der Waals surface area contributed by atoms with Gasteiger partial charge in [-0.3, -0.25) is 0 Å². The van der Waals surface area contributed by atoms with E-state index >= 15 is 0 Å². The predicted molar refractivity (Wildman–Crippen MR) is 60.1 cm³/mol. The third kappa shape index (κ3) is 2.45. The van der Waals surface area contributed by atoms with E-state index in [2.05, 4.69) is 4.98 Å². The minimum absolute atomic E-state index is 0.354. The molecule has 0 aliphatic rings. The molecule has 18 heavy (non-hydrogen) atoms. The van der Waals surface area contributed by atoms with E-state index in [1.165, 1.54) is 0 Å². The third-order valence-corrected chi connectivity index (χ3v) is 2.40. The molecule has 1 aromatic heterocycles. The van der Waals surface area contributed by atoms with Crippen LogP contribution >= 0.6 is 0 Å². The van der Waals surface area contributed by atoms with Gasteiger partial charge in [-0.2, -0.15) is 9.37 Å². The molecule has 0 amide bonds. The molecule has 0 radical (unpaired) electrons. The minimum Gasteiger partial charge on any atom is -0.436 e. The number of nitrogens with zero attached hydrogens (tertiary/aromatic N) is 1. The minimum atomic E-state index is -1.39. The van der Waals surface area contributed by atoms with Gasteiger partial charge in [-0.1, -0.05) is 12.1 Å². The van der Waals surface area contributed by atoms with Gasteiger partial charge in [0.05, 0.1) is 0 Å². The maximum Gasteiger partial charge on any atom is 0.258 e. The van der Waals surface area contributed by atoms with Gasteiger partial charge in [-0.05, 0) is 31.0 Å². The zero-order valence-electron chi connectivity index (χ0n) is 9.80. The van der Waals surface area contributed by atoms with Crippen LogP contribution in [0.25, 0.3) is 0 Å². The van der Waals surface area contributed by atoms with E-state index in [1.807, 2.05) is 13.0 Å². The molecule has 0 fully saturated rings. The number of ether oxygens (including phenoxy) is 1. The summed E-state index contributed by atoms with van der Waals surface area (Å²) in [6.45, 7) is 3.59. The largest absolute Gasteiger partial charge is 0.436 e. The van der Waals surface area contributed by atoms with Crippen molar-refractivity contribution in [2.24, 2.45) is 0 Å². The summed E-state index contributed by atoms with van der Waals surface area (Å²) in [5, 5.41) is 0. The number of aromatic nitrogens is 1. The Labute approximate surface area is 102 Å². The molecule has 0 aliphatic carbocycles. The summed E-state index contributed by atoms with van der Waals surface area (Å²) in [6.07, 6.45) is 0. The molecule has 0 bridgehead atoms. The van der Waals surface area contributed by atoms with Crippen LogP contribution in [0.2, 0.25) is 0 Å². The van der Waals surface area contributed by atoms with Crippen molar-refractivity contribution in [3.63, 3.8) is 0 Å². The summed E-state index contributed by atoms with van der Waals surface area (Å²) in [7, 11) is 0. The van der Waals surface area contributed by atoms with Crippen LogP contribution in [0.5, 0.6) is 11.6 Å². The van der Waals surface area contributed by atoms with Gasteiger partial charge in [0, 0.05) is 6.07 Å². The quantitative estimate of drug-likeness (QED) is 0.757. The number of hydrogen-bond acceptors (Lipinski definition) is 2. The standard InChI is InChI=1S/C13H10F3NO/c1-7-3-4-8(2)11(5-7)18-13-10(15)6-9(14)12(16)17-13/h3-6H,1-2H3. The Kier molecular flexibility index (Phi) is 3.23. The van der Waals surface area contributed by atoms with Crippen LogP contribution in [0.1, 0.15) is 11.1 Å². The van der Waals surface area contributed by atoms with Gasteiger partial charge >= 0.3 is 0 Å². The van der Waals surface area contributed by atoms with Gasteiger partial charge in [0.15, 0.2) is 11.6 Å². The maximum absolute atomic E-state index is 13.4. The van der Waals surface area contributed by atoms with Crippen molar-refractivity contribution < 1.29 is 17.9 Å². The number of halogens is 3. The monoisotopic (exact) mass is 253 g/mol. The normalized spacial score (nSPS) is 10.5. The Hall–Kier alpha value is -2.04. The fourth-order valence-electron chi connectivity index (χ4n) is 1.42. The van der Waals surface area contributed by atoms with Crippen molar-refractivity contribution >= 4 is 0 Å². The summed E-state index contributed by atoms with van der Waals surface area (Å²) < 4.78 is 44.1. The molecule has 0 saturated heterocycles. The van der Waals surface area contributed by atoms with Gasteiger partial charge in [0.1, 0.15) is 5.75 Å². The zero-order chi connectivity index (χ0) is 13.3. The Morgan fingerprint density at radius 1 is 1.00 bits per heavy atom. The lowest BCUT2D eigenvalue weighted by Crippen LogP contribution is -1.99. The Bertz CT molecular complexity index is 599. The number of hydrogen-bond donors (Lipinski definition) is 0. The summed E-state index contributed by atoms with van der Waals surface area (Å²) in [5.41, 5.74) is 1.64. The fourth-order valence-corrected chi connectivity index (χ4v) is 1.42. The Morgan fingerprint density at radius 3 is 2.44 bits per heavy atom. The fraction of sp³-hybridized carbons (Fsp3) is 0.154. The van der Waals surface area contributed by atoms with E-state index in [4.69, 9.17) is 4.74 Å². The number of pyridine rings is 1. The van der Waals surface area contributed by atoms with Crippen LogP contribution < -0.4 is 4.74 Å². The summed E-state index contributed by atoms with van der Waals surface area (Å²) in [5.74, 6) is -4.01. The van der Waals surface area contributed by atoms with Crippen LogP contribution in [-0.4, -0.2) is 4.98 Å². The number of aryl methyl sites for hydroxylation is 2. The first-order valence-corrected chi connectivity index (χ1v) is 5.24. The first-order valence-electron chi connectivity index (χ1n) is 5.24. The highest BCUT2D eigenvalue weighted by molar-refractivity contribution is 5.38. The lowest BCUT2D eigenvalue weighted by atomic mass is 10.1. The van der Waals surface area contributed by atoms with Crippen molar-refractivity contribution in [2.45, 2.75) is 13.8 Å². The Balaban J connectivity index is 2.40. The van der Waals surface area contributed by atoms with Crippen molar-refractivity contribution in [3.05, 3.63) is 53.0 Å². The molecule has 0 N–H and O–H groups in total. The molecule has 0 atom stereocenters. The molecule has 2 aromatic rings. The molecule has 0 saturated carbocycles. The van der Waals surface area contributed by atoms with Gasteiger partial charge in [0.25, 0.3) is 11.8 Å². The van der Waals surface area contributed by atoms with E-state index in [1.54, 1.807) is 19.1 Å². The predicted octanol–water partition coefficient (Wildman–Crippen LogP) is 3.91. The average Bonchev–Trinajstić information content (AvgIpc) is 2.30.